The smallest absolute Gasteiger partial charge is 0.300 e. The Morgan fingerprint density at radius 1 is 0.914 bits per heavy atom. The molecule has 1 atom stereocenters. The number of rotatable bonds is 6. The third-order valence-corrected chi connectivity index (χ3v) is 6.16. The van der Waals surface area contributed by atoms with Crippen molar-refractivity contribution in [1.82, 2.24) is 0 Å². The van der Waals surface area contributed by atoms with Crippen LogP contribution in [0, 0.1) is 0 Å². The molecular formula is C28H27NO6. The molecular weight excluding hydrogens is 446 g/mol. The molecule has 0 bridgehead atoms. The Morgan fingerprint density at radius 2 is 1.57 bits per heavy atom. The number of Topliss-reactive ketones (excluding diaryl/α,β-unsaturated/α-hetero) is 1. The number of hydrogen-bond donors (Lipinski definition) is 2. The molecule has 0 aliphatic carbocycles. The van der Waals surface area contributed by atoms with Crippen molar-refractivity contribution in [2.45, 2.75) is 25.8 Å². The highest BCUT2D eigenvalue weighted by molar-refractivity contribution is 6.51. The largest absolute Gasteiger partial charge is 0.507 e. The number of carbonyl (C=O) groups excluding carboxylic acids is 2. The van der Waals surface area contributed by atoms with E-state index in [0.717, 1.165) is 5.56 Å². The van der Waals surface area contributed by atoms with E-state index in [0.29, 0.717) is 22.9 Å². The second kappa shape index (κ2) is 9.54. The van der Waals surface area contributed by atoms with Gasteiger partial charge in [0.15, 0.2) is 11.5 Å². The monoisotopic (exact) mass is 473 g/mol. The third-order valence-electron chi connectivity index (χ3n) is 6.16. The molecule has 1 amide bonds. The second-order valence-electron chi connectivity index (χ2n) is 8.55. The van der Waals surface area contributed by atoms with Crippen molar-refractivity contribution in [2.75, 3.05) is 19.1 Å². The molecule has 1 aliphatic heterocycles. The fourth-order valence-corrected chi connectivity index (χ4v) is 4.30. The Labute approximate surface area is 203 Å². The highest BCUT2D eigenvalue weighted by Crippen LogP contribution is 2.44. The number of phenolic OH excluding ortho intramolecular Hbond substituents is 1. The third kappa shape index (κ3) is 4.21. The summed E-state index contributed by atoms with van der Waals surface area (Å²) >= 11 is 0. The lowest BCUT2D eigenvalue weighted by molar-refractivity contribution is -0.132. The number of aliphatic hydroxyl groups is 1. The first-order valence-electron chi connectivity index (χ1n) is 11.2. The van der Waals surface area contributed by atoms with E-state index in [-0.39, 0.29) is 28.4 Å². The number of aliphatic hydroxyl groups excluding tert-OH is 1. The summed E-state index contributed by atoms with van der Waals surface area (Å²) in [4.78, 5) is 28.0. The molecule has 0 radical (unpaired) electrons. The summed E-state index contributed by atoms with van der Waals surface area (Å²) in [6, 6.07) is 17.7. The Bertz CT molecular complexity index is 1310. The summed E-state index contributed by atoms with van der Waals surface area (Å²) in [6.07, 6.45) is 0. The van der Waals surface area contributed by atoms with Crippen molar-refractivity contribution in [3.05, 3.63) is 89.0 Å². The zero-order valence-electron chi connectivity index (χ0n) is 20.0. The SMILES string of the molecule is COc1ccc(C2/C(=C(/O)c3ccccc3OC)C(=O)C(=O)N2c2ccc(C(C)C)cc2)cc1O. The molecule has 4 rings (SSSR count). The van der Waals surface area contributed by atoms with Gasteiger partial charge in [-0.05, 0) is 53.4 Å². The molecule has 1 fully saturated rings. The van der Waals surface area contributed by atoms with E-state index in [9.17, 15) is 19.8 Å². The van der Waals surface area contributed by atoms with E-state index in [1.165, 1.54) is 25.2 Å². The van der Waals surface area contributed by atoms with Crippen LogP contribution in [-0.4, -0.2) is 36.1 Å². The number of para-hydroxylation sites is 1. The van der Waals surface area contributed by atoms with Gasteiger partial charge in [-0.2, -0.15) is 0 Å². The van der Waals surface area contributed by atoms with Gasteiger partial charge in [0.2, 0.25) is 0 Å². The molecule has 7 nitrogen and oxygen atoms in total. The average Bonchev–Trinajstić information content (AvgIpc) is 3.13. The number of ketones is 1. The maximum absolute atomic E-state index is 13.3. The van der Waals surface area contributed by atoms with E-state index in [2.05, 4.69) is 13.8 Å². The number of nitrogens with zero attached hydrogens (tertiary/aromatic N) is 1. The van der Waals surface area contributed by atoms with Crippen molar-refractivity contribution in [3.63, 3.8) is 0 Å². The van der Waals surface area contributed by atoms with Gasteiger partial charge in [0.25, 0.3) is 11.7 Å². The molecule has 35 heavy (non-hydrogen) atoms. The Hall–Kier alpha value is -4.26. The van der Waals surface area contributed by atoms with E-state index in [1.54, 1.807) is 48.5 Å². The second-order valence-corrected chi connectivity index (χ2v) is 8.55. The molecule has 180 valence electrons. The quantitative estimate of drug-likeness (QED) is 0.292. The van der Waals surface area contributed by atoms with Gasteiger partial charge in [-0.3, -0.25) is 14.5 Å². The molecule has 3 aromatic carbocycles. The molecule has 1 aliphatic rings. The first-order valence-corrected chi connectivity index (χ1v) is 11.2. The minimum absolute atomic E-state index is 0.1000. The van der Waals surface area contributed by atoms with Crippen molar-refractivity contribution in [3.8, 4) is 17.2 Å². The fraction of sp³-hybridized carbons (Fsp3) is 0.214. The molecule has 1 heterocycles. The number of methoxy groups -OCH3 is 2. The van der Waals surface area contributed by atoms with Crippen molar-refractivity contribution >= 4 is 23.1 Å². The van der Waals surface area contributed by atoms with Gasteiger partial charge >= 0.3 is 0 Å². The van der Waals surface area contributed by atoms with E-state index in [1.807, 2.05) is 12.1 Å². The molecule has 0 aromatic heterocycles. The lowest BCUT2D eigenvalue weighted by atomic mass is 9.94. The first kappa shape index (κ1) is 23.9. The Kier molecular flexibility index (Phi) is 6.51. The summed E-state index contributed by atoms with van der Waals surface area (Å²) < 4.78 is 10.5. The van der Waals surface area contributed by atoms with Crippen LogP contribution >= 0.6 is 0 Å². The van der Waals surface area contributed by atoms with Crippen LogP contribution in [0.25, 0.3) is 5.76 Å². The van der Waals surface area contributed by atoms with Crippen LogP contribution in [0.5, 0.6) is 17.2 Å². The first-order chi connectivity index (χ1) is 16.8. The predicted molar refractivity (Wildman–Crippen MR) is 133 cm³/mol. The fourth-order valence-electron chi connectivity index (χ4n) is 4.30. The minimum atomic E-state index is -0.985. The summed E-state index contributed by atoms with van der Waals surface area (Å²) in [5.74, 6) is -1.23. The van der Waals surface area contributed by atoms with E-state index in [4.69, 9.17) is 9.47 Å². The van der Waals surface area contributed by atoms with Gasteiger partial charge in [-0.15, -0.1) is 0 Å². The zero-order chi connectivity index (χ0) is 25.3. The number of amides is 1. The van der Waals surface area contributed by atoms with Crippen molar-refractivity contribution < 1.29 is 29.3 Å². The molecule has 1 unspecified atom stereocenters. The van der Waals surface area contributed by atoms with E-state index < -0.39 is 17.7 Å². The van der Waals surface area contributed by atoms with Crippen LogP contribution in [0.4, 0.5) is 5.69 Å². The summed E-state index contributed by atoms with van der Waals surface area (Å²) in [7, 11) is 2.89. The zero-order valence-corrected chi connectivity index (χ0v) is 20.0. The molecule has 3 aromatic rings. The molecule has 1 saturated heterocycles. The lowest BCUT2D eigenvalue weighted by Gasteiger charge is -2.26. The molecule has 2 N–H and O–H groups in total. The molecule has 7 heteroatoms. The highest BCUT2D eigenvalue weighted by Gasteiger charge is 2.47. The van der Waals surface area contributed by atoms with Gasteiger partial charge in [0.1, 0.15) is 11.5 Å². The predicted octanol–water partition coefficient (Wildman–Crippen LogP) is 5.16. The number of phenols is 1. The number of carbonyl (C=O) groups is 2. The maximum Gasteiger partial charge on any atom is 0.300 e. The Balaban J connectivity index is 1.95. The number of anilines is 1. The molecule has 0 saturated carbocycles. The van der Waals surface area contributed by atoms with Gasteiger partial charge in [0, 0.05) is 5.69 Å². The van der Waals surface area contributed by atoms with Crippen LogP contribution in [0.2, 0.25) is 0 Å². The Morgan fingerprint density at radius 3 is 2.17 bits per heavy atom. The van der Waals surface area contributed by atoms with Gasteiger partial charge in [-0.25, -0.2) is 0 Å². The van der Waals surface area contributed by atoms with Gasteiger partial charge in [0.05, 0.1) is 31.4 Å². The average molecular weight is 474 g/mol. The lowest BCUT2D eigenvalue weighted by Crippen LogP contribution is -2.29. The van der Waals surface area contributed by atoms with Crippen molar-refractivity contribution in [2.24, 2.45) is 0 Å². The summed E-state index contributed by atoms with van der Waals surface area (Å²) in [6.45, 7) is 4.13. The number of aromatic hydroxyl groups is 1. The normalized spacial score (nSPS) is 17.2. The standard InChI is InChI=1S/C28H27NO6/c1-16(2)17-9-12-19(13-10-17)29-25(18-11-14-23(35-4)21(30)15-18)24(27(32)28(29)33)26(31)20-7-5-6-8-22(20)34-3/h5-16,25,30-31H,1-4H3/b26-24-. The topological polar surface area (TPSA) is 96.3 Å². The number of hydrogen-bond acceptors (Lipinski definition) is 6. The summed E-state index contributed by atoms with van der Waals surface area (Å²) in [5.41, 5.74) is 2.20. The molecule has 0 spiro atoms. The van der Waals surface area contributed by atoms with Crippen LogP contribution in [0.1, 0.15) is 42.5 Å². The van der Waals surface area contributed by atoms with Crippen LogP contribution in [-0.2, 0) is 9.59 Å². The van der Waals surface area contributed by atoms with Crippen LogP contribution in [0.15, 0.2) is 72.3 Å². The maximum atomic E-state index is 13.3. The van der Waals surface area contributed by atoms with E-state index >= 15 is 0 Å². The van der Waals surface area contributed by atoms with Crippen LogP contribution < -0.4 is 14.4 Å². The van der Waals surface area contributed by atoms with Crippen molar-refractivity contribution in [1.29, 1.82) is 0 Å². The summed E-state index contributed by atoms with van der Waals surface area (Å²) in [5, 5.41) is 21.8. The van der Waals surface area contributed by atoms with Gasteiger partial charge < -0.3 is 19.7 Å². The minimum Gasteiger partial charge on any atom is -0.507 e. The van der Waals surface area contributed by atoms with Gasteiger partial charge in [-0.1, -0.05) is 44.2 Å². The van der Waals surface area contributed by atoms with Crippen LogP contribution in [0.3, 0.4) is 0 Å². The number of ether oxygens (including phenoxy) is 2. The number of benzene rings is 3. The highest BCUT2D eigenvalue weighted by atomic mass is 16.5.